The predicted octanol–water partition coefficient (Wildman–Crippen LogP) is 26.5. The Hall–Kier alpha value is -1.94. The maximum absolute atomic E-state index is 13.2. The number of hydrogen-bond donors (Lipinski definition) is 3. The fraction of sp³-hybridized carbons (Fsp3) is 0.954. The zero-order chi connectivity index (χ0) is 77.9. The summed E-state index contributed by atoms with van der Waals surface area (Å²) in [7, 11) is -9.93. The number of unbranched alkanes of at least 4 members (excludes halogenated alkanes) is 52. The number of aliphatic hydroxyl groups excluding tert-OH is 1. The summed E-state index contributed by atoms with van der Waals surface area (Å²) in [6.45, 7) is 12.1. The molecule has 0 aliphatic carbocycles. The van der Waals surface area contributed by atoms with Crippen LogP contribution in [0.1, 0.15) is 459 Å². The third-order valence-corrected chi connectivity index (χ3v) is 22.6. The molecule has 17 nitrogen and oxygen atoms in total. The van der Waals surface area contributed by atoms with E-state index in [2.05, 4.69) is 48.5 Å². The highest BCUT2D eigenvalue weighted by Crippen LogP contribution is 2.45. The Kier molecular flexibility index (Phi) is 75.6. The first-order valence-electron chi connectivity index (χ1n) is 44.9. The van der Waals surface area contributed by atoms with Crippen molar-refractivity contribution in [2.45, 2.75) is 478 Å². The van der Waals surface area contributed by atoms with Crippen LogP contribution in [0.25, 0.3) is 0 Å². The van der Waals surface area contributed by atoms with Crippen LogP contribution in [0.5, 0.6) is 0 Å². The van der Waals surface area contributed by atoms with E-state index in [0.717, 1.165) is 108 Å². The van der Waals surface area contributed by atoms with Crippen LogP contribution < -0.4 is 0 Å². The molecular formula is C87H170O17P2. The van der Waals surface area contributed by atoms with Crippen molar-refractivity contribution in [3.63, 3.8) is 0 Å². The van der Waals surface area contributed by atoms with Crippen LogP contribution in [0.3, 0.4) is 0 Å². The van der Waals surface area contributed by atoms with E-state index in [1.807, 2.05) is 0 Å². The van der Waals surface area contributed by atoms with Crippen LogP contribution in [0, 0.1) is 17.8 Å². The first-order valence-corrected chi connectivity index (χ1v) is 47.9. The van der Waals surface area contributed by atoms with Gasteiger partial charge in [-0.15, -0.1) is 0 Å². The van der Waals surface area contributed by atoms with Gasteiger partial charge in [0, 0.05) is 25.7 Å². The summed E-state index contributed by atoms with van der Waals surface area (Å²) in [6.07, 6.45) is 68.1. The number of aliphatic hydroxyl groups is 1. The molecule has 0 aliphatic rings. The average Bonchev–Trinajstić information content (AvgIpc) is 0.900. The third kappa shape index (κ3) is 78.7. The first-order chi connectivity index (χ1) is 51.3. The second-order valence-corrected chi connectivity index (χ2v) is 35.4. The second kappa shape index (κ2) is 77.0. The number of ether oxygens (including phenoxy) is 4. The van der Waals surface area contributed by atoms with Gasteiger partial charge in [-0.25, -0.2) is 9.13 Å². The van der Waals surface area contributed by atoms with Crippen LogP contribution >= 0.6 is 15.6 Å². The quantitative estimate of drug-likeness (QED) is 0.0222. The van der Waals surface area contributed by atoms with E-state index < -0.39 is 97.5 Å². The van der Waals surface area contributed by atoms with Crippen molar-refractivity contribution in [1.82, 2.24) is 0 Å². The van der Waals surface area contributed by atoms with E-state index in [1.165, 1.54) is 270 Å². The Labute approximate surface area is 651 Å². The highest BCUT2D eigenvalue weighted by atomic mass is 31.2. The van der Waals surface area contributed by atoms with Gasteiger partial charge in [-0.1, -0.05) is 408 Å². The first kappa shape index (κ1) is 104. The van der Waals surface area contributed by atoms with Gasteiger partial charge < -0.3 is 33.8 Å². The van der Waals surface area contributed by atoms with Gasteiger partial charge in [0.1, 0.15) is 19.3 Å². The number of carbonyl (C=O) groups excluding carboxylic acids is 4. The molecule has 0 rings (SSSR count). The fourth-order valence-electron chi connectivity index (χ4n) is 13.5. The Morgan fingerprint density at radius 2 is 0.481 bits per heavy atom. The van der Waals surface area contributed by atoms with Gasteiger partial charge in [-0.05, 0) is 43.4 Å². The molecule has 106 heavy (non-hydrogen) atoms. The van der Waals surface area contributed by atoms with E-state index in [0.29, 0.717) is 25.7 Å². The van der Waals surface area contributed by atoms with Crippen molar-refractivity contribution < 1.29 is 80.2 Å². The number of hydrogen-bond acceptors (Lipinski definition) is 15. The zero-order valence-corrected chi connectivity index (χ0v) is 71.7. The standard InChI is InChI=1S/C87H170O17P2/c1-8-10-11-12-13-37-47-54-61-68-84(89)97-74-82(103-87(92)71-64-57-50-43-36-30-32-39-45-52-59-66-79(5)6)76-101-105(93,94)99-72-81(88)73-100-106(95,96)102-77-83(75-98-85(90)69-62-55-48-41-34-28-24-20-16-14-18-22-26-31-38-44-51-58-65-78(3)4)104-86(91)70-63-56-49-42-35-29-25-21-17-15-19-23-27-33-40-46-53-60-67-80(7)9-2/h78-83,88H,8-77H2,1-7H3,(H,93,94)(H,95,96)/t80?,81-,82+,83+/m0/s1. The lowest BCUT2D eigenvalue weighted by molar-refractivity contribution is -0.161. The molecule has 0 aromatic heterocycles. The lowest BCUT2D eigenvalue weighted by Gasteiger charge is -2.21. The summed E-state index contributed by atoms with van der Waals surface area (Å²) in [5.41, 5.74) is 0. The maximum atomic E-state index is 13.2. The summed E-state index contributed by atoms with van der Waals surface area (Å²) in [4.78, 5) is 73.2. The molecule has 0 radical (unpaired) electrons. The predicted molar refractivity (Wildman–Crippen MR) is 437 cm³/mol. The average molecular weight is 1550 g/mol. The molecule has 0 aliphatic heterocycles. The summed E-state index contributed by atoms with van der Waals surface area (Å²) in [6, 6.07) is 0. The van der Waals surface area contributed by atoms with Crippen molar-refractivity contribution in [3.05, 3.63) is 0 Å². The zero-order valence-electron chi connectivity index (χ0n) is 69.9. The van der Waals surface area contributed by atoms with Gasteiger partial charge in [-0.2, -0.15) is 0 Å². The molecule has 3 N–H and O–H groups in total. The van der Waals surface area contributed by atoms with Crippen LogP contribution in [0.15, 0.2) is 0 Å². The number of phosphoric acid groups is 2. The molecule has 19 heteroatoms. The summed E-state index contributed by atoms with van der Waals surface area (Å²) < 4.78 is 68.8. The van der Waals surface area contributed by atoms with Gasteiger partial charge in [0.25, 0.3) is 0 Å². The van der Waals surface area contributed by atoms with Crippen molar-refractivity contribution in [2.24, 2.45) is 17.8 Å². The SMILES string of the molecule is CCCCCCCCCCCC(=O)OC[C@H](COP(=O)(O)OC[C@H](O)COP(=O)(O)OC[C@@H](COC(=O)CCCCCCCCCCCCCCCCCCCCC(C)C)OC(=O)CCCCCCCCCCCCCCCCCCCCC(C)CC)OC(=O)CCCCCCCCCCCCCC(C)C. The molecule has 0 fully saturated rings. The van der Waals surface area contributed by atoms with E-state index in [-0.39, 0.29) is 25.7 Å². The maximum Gasteiger partial charge on any atom is 0.472 e. The van der Waals surface area contributed by atoms with E-state index >= 15 is 0 Å². The van der Waals surface area contributed by atoms with Crippen molar-refractivity contribution >= 4 is 39.5 Å². The molecule has 0 bridgehead atoms. The molecule has 6 atom stereocenters. The molecule has 0 amide bonds. The smallest absolute Gasteiger partial charge is 0.462 e. The minimum atomic E-state index is -4.97. The van der Waals surface area contributed by atoms with Crippen LogP contribution in [-0.4, -0.2) is 96.7 Å². The van der Waals surface area contributed by atoms with E-state index in [4.69, 9.17) is 37.0 Å². The molecule has 0 spiro atoms. The molecule has 0 aromatic rings. The normalized spacial score (nSPS) is 14.1. The lowest BCUT2D eigenvalue weighted by Crippen LogP contribution is -2.30. The molecule has 0 saturated heterocycles. The van der Waals surface area contributed by atoms with Crippen LogP contribution in [0.2, 0.25) is 0 Å². The van der Waals surface area contributed by atoms with Crippen LogP contribution in [-0.2, 0) is 65.4 Å². The summed E-state index contributed by atoms with van der Waals surface area (Å²) >= 11 is 0. The van der Waals surface area contributed by atoms with Gasteiger partial charge in [0.15, 0.2) is 12.2 Å². The Morgan fingerprint density at radius 1 is 0.274 bits per heavy atom. The monoisotopic (exact) mass is 1550 g/mol. The van der Waals surface area contributed by atoms with Gasteiger partial charge in [0.2, 0.25) is 0 Å². The number of esters is 4. The number of rotatable bonds is 85. The number of carbonyl (C=O) groups is 4. The van der Waals surface area contributed by atoms with E-state index in [1.54, 1.807) is 0 Å². The van der Waals surface area contributed by atoms with Crippen molar-refractivity contribution in [1.29, 1.82) is 0 Å². The third-order valence-electron chi connectivity index (χ3n) is 20.7. The van der Waals surface area contributed by atoms with Gasteiger partial charge >= 0.3 is 39.5 Å². The van der Waals surface area contributed by atoms with Crippen LogP contribution in [0.4, 0.5) is 0 Å². The number of phosphoric ester groups is 2. The van der Waals surface area contributed by atoms with Crippen molar-refractivity contribution in [3.8, 4) is 0 Å². The van der Waals surface area contributed by atoms with Gasteiger partial charge in [0.05, 0.1) is 26.4 Å². The Morgan fingerprint density at radius 3 is 0.717 bits per heavy atom. The summed E-state index contributed by atoms with van der Waals surface area (Å²) in [5, 5.41) is 10.7. The molecule has 0 aromatic carbocycles. The second-order valence-electron chi connectivity index (χ2n) is 32.5. The highest BCUT2D eigenvalue weighted by molar-refractivity contribution is 7.47. The summed E-state index contributed by atoms with van der Waals surface area (Å²) in [5.74, 6) is 0.354. The fourth-order valence-corrected chi connectivity index (χ4v) is 15.1. The Balaban J connectivity index is 5.19. The van der Waals surface area contributed by atoms with Gasteiger partial charge in [-0.3, -0.25) is 37.3 Å². The minimum absolute atomic E-state index is 0.107. The molecule has 3 unspecified atom stereocenters. The Bertz CT molecular complexity index is 2050. The van der Waals surface area contributed by atoms with E-state index in [9.17, 15) is 43.2 Å². The molecule has 0 saturated carbocycles. The topological polar surface area (TPSA) is 237 Å². The van der Waals surface area contributed by atoms with Crippen molar-refractivity contribution in [2.75, 3.05) is 39.6 Å². The molecule has 630 valence electrons. The lowest BCUT2D eigenvalue weighted by atomic mass is 9.99. The molecule has 0 heterocycles. The minimum Gasteiger partial charge on any atom is -0.462 e. The largest absolute Gasteiger partial charge is 0.472 e. The highest BCUT2D eigenvalue weighted by Gasteiger charge is 2.31. The molecular weight excluding hydrogens is 1380 g/mol.